The topological polar surface area (TPSA) is 169 Å². The minimum atomic E-state index is -0.834. The Balaban J connectivity index is 1.49. The van der Waals surface area contributed by atoms with Crippen LogP contribution >= 0.6 is 0 Å². The number of ketones is 1. The number of rotatable bonds is 12. The van der Waals surface area contributed by atoms with Crippen molar-refractivity contribution in [3.05, 3.63) is 18.4 Å². The van der Waals surface area contributed by atoms with Crippen LogP contribution < -0.4 is 22.1 Å². The van der Waals surface area contributed by atoms with Crippen molar-refractivity contribution in [2.24, 2.45) is 28.3 Å². The Hall–Kier alpha value is -2.95. The Morgan fingerprint density at radius 3 is 2.76 bits per heavy atom. The van der Waals surface area contributed by atoms with Gasteiger partial charge < -0.3 is 31.4 Å². The van der Waals surface area contributed by atoms with E-state index in [2.05, 4.69) is 20.6 Å². The van der Waals surface area contributed by atoms with Crippen molar-refractivity contribution in [1.82, 2.24) is 20.5 Å². The van der Waals surface area contributed by atoms with Gasteiger partial charge in [-0.2, -0.15) is 0 Å². The molecule has 33 heavy (non-hydrogen) atoms. The molecule has 2 amide bonds. The van der Waals surface area contributed by atoms with Crippen molar-refractivity contribution in [3.63, 3.8) is 0 Å². The van der Waals surface area contributed by atoms with Gasteiger partial charge in [0.15, 0.2) is 5.96 Å². The lowest BCUT2D eigenvalue weighted by atomic mass is 9.89. The number of likely N-dealkylation sites (tertiary alicyclic amines) is 1. The fourth-order valence-corrected chi connectivity index (χ4v) is 4.52. The molecule has 2 atom stereocenters. The highest BCUT2D eigenvalue weighted by molar-refractivity contribution is 5.99. The van der Waals surface area contributed by atoms with E-state index in [4.69, 9.17) is 15.9 Å². The van der Waals surface area contributed by atoms with E-state index in [0.717, 1.165) is 45.2 Å². The molecule has 2 aliphatic heterocycles. The maximum Gasteiger partial charge on any atom is 0.265 e. The summed E-state index contributed by atoms with van der Waals surface area (Å²) >= 11 is 0. The zero-order valence-electron chi connectivity index (χ0n) is 19.0. The molecule has 1 aromatic heterocycles. The van der Waals surface area contributed by atoms with Gasteiger partial charge in [0.05, 0.1) is 18.8 Å². The summed E-state index contributed by atoms with van der Waals surface area (Å²) in [7, 11) is 0. The van der Waals surface area contributed by atoms with E-state index in [-0.39, 0.29) is 36.1 Å². The first-order chi connectivity index (χ1) is 15.9. The smallest absolute Gasteiger partial charge is 0.265 e. The van der Waals surface area contributed by atoms with Crippen LogP contribution in [0.3, 0.4) is 0 Å². The van der Waals surface area contributed by atoms with Crippen LogP contribution in [0, 0.1) is 11.8 Å². The van der Waals surface area contributed by atoms with Gasteiger partial charge in [0.2, 0.25) is 17.6 Å². The molecule has 0 bridgehead atoms. The van der Waals surface area contributed by atoms with E-state index in [1.165, 1.54) is 12.5 Å². The number of guanidine groups is 1. The van der Waals surface area contributed by atoms with Crippen LogP contribution in [0.15, 0.2) is 21.9 Å². The largest absolute Gasteiger partial charge is 0.442 e. The minimum Gasteiger partial charge on any atom is -0.442 e. The zero-order chi connectivity index (χ0) is 23.6. The summed E-state index contributed by atoms with van der Waals surface area (Å²) in [6, 6.07) is -0.834. The lowest BCUT2D eigenvalue weighted by Crippen LogP contribution is -2.46. The molecule has 6 N–H and O–H groups in total. The summed E-state index contributed by atoms with van der Waals surface area (Å²) in [5.41, 5.74) is 10.7. The second-order valence-electron chi connectivity index (χ2n) is 8.79. The fraction of sp³-hybridized carbons (Fsp3) is 0.682. The molecule has 11 heteroatoms. The molecule has 3 rings (SSSR count). The molecule has 2 aliphatic rings. The highest BCUT2D eigenvalue weighted by Gasteiger charge is 2.34. The summed E-state index contributed by atoms with van der Waals surface area (Å²) in [6.45, 7) is 2.93. The number of nitrogens with zero attached hydrogens (tertiary/aromatic N) is 3. The monoisotopic (exact) mass is 461 g/mol. The van der Waals surface area contributed by atoms with E-state index in [1.54, 1.807) is 4.90 Å². The van der Waals surface area contributed by atoms with Gasteiger partial charge in [-0.25, -0.2) is 4.98 Å². The Morgan fingerprint density at radius 2 is 2.06 bits per heavy atom. The molecular formula is C22H35N7O4. The number of aromatic nitrogens is 1. The van der Waals surface area contributed by atoms with Gasteiger partial charge in [0.25, 0.3) is 5.89 Å². The maximum atomic E-state index is 12.8. The molecule has 1 aromatic rings. The summed E-state index contributed by atoms with van der Waals surface area (Å²) < 4.78 is 5.10. The average Bonchev–Trinajstić information content (AvgIpc) is 3.45. The number of hydrogen-bond donors (Lipinski definition) is 4. The second kappa shape index (κ2) is 12.3. The predicted octanol–water partition coefficient (Wildman–Crippen LogP) is 0.0240. The van der Waals surface area contributed by atoms with Gasteiger partial charge in [-0.15, -0.1) is 0 Å². The number of nitrogens with two attached hydrogens (primary N) is 2. The zero-order valence-corrected chi connectivity index (χ0v) is 19.0. The molecule has 2 unspecified atom stereocenters. The van der Waals surface area contributed by atoms with Crippen LogP contribution in [-0.2, 0) is 9.59 Å². The van der Waals surface area contributed by atoms with Crippen LogP contribution in [0.4, 0.5) is 0 Å². The number of carbonyl (C=O) groups excluding carboxylic acids is 3. The standard InChI is InChI=1S/C22H35N7O4/c23-22(24)27-8-1-2-17(19(31)20-26-11-13-33-20)28-18(30)14-29-12-7-16(21(29)32)4-3-15-5-9-25-10-6-15/h11,13,15-17,25H,1-10,12,14H2,(H,28,30)(H4,23,24,27). The van der Waals surface area contributed by atoms with Gasteiger partial charge in [-0.1, -0.05) is 0 Å². The number of amides is 2. The van der Waals surface area contributed by atoms with E-state index in [9.17, 15) is 14.4 Å². The Morgan fingerprint density at radius 1 is 1.27 bits per heavy atom. The van der Waals surface area contributed by atoms with Crippen LogP contribution in [-0.4, -0.2) is 72.2 Å². The highest BCUT2D eigenvalue weighted by Crippen LogP contribution is 2.27. The van der Waals surface area contributed by atoms with E-state index >= 15 is 0 Å². The number of Topliss-reactive ketones (excluding diaryl/α,β-unsaturated/α-hetero) is 1. The van der Waals surface area contributed by atoms with E-state index in [1.807, 2.05) is 0 Å². The number of piperidine rings is 1. The third-order valence-electron chi connectivity index (χ3n) is 6.37. The molecule has 2 saturated heterocycles. The first kappa shape index (κ1) is 24.7. The molecule has 182 valence electrons. The van der Waals surface area contributed by atoms with Gasteiger partial charge in [0.1, 0.15) is 6.26 Å². The average molecular weight is 462 g/mol. The number of aliphatic imine (C=N–C) groups is 1. The highest BCUT2D eigenvalue weighted by atomic mass is 16.3. The summed E-state index contributed by atoms with van der Waals surface area (Å²) in [6.07, 6.45) is 8.50. The number of nitrogens with one attached hydrogen (secondary N) is 2. The van der Waals surface area contributed by atoms with Crippen LogP contribution in [0.2, 0.25) is 0 Å². The Kier molecular flexibility index (Phi) is 9.23. The second-order valence-corrected chi connectivity index (χ2v) is 8.79. The molecule has 0 radical (unpaired) electrons. The van der Waals surface area contributed by atoms with Crippen molar-refractivity contribution in [2.75, 3.05) is 32.7 Å². The van der Waals surface area contributed by atoms with Crippen molar-refractivity contribution in [2.45, 2.75) is 51.0 Å². The molecule has 3 heterocycles. The Labute approximate surface area is 193 Å². The third kappa shape index (κ3) is 7.55. The molecule has 0 aliphatic carbocycles. The third-order valence-corrected chi connectivity index (χ3v) is 6.37. The Bertz CT molecular complexity index is 817. The summed E-state index contributed by atoms with van der Waals surface area (Å²) in [5.74, 6) is -0.217. The van der Waals surface area contributed by atoms with Crippen molar-refractivity contribution in [3.8, 4) is 0 Å². The lowest BCUT2D eigenvalue weighted by Gasteiger charge is -2.23. The van der Waals surface area contributed by atoms with Gasteiger partial charge in [-0.3, -0.25) is 19.4 Å². The van der Waals surface area contributed by atoms with Gasteiger partial charge in [0, 0.05) is 19.0 Å². The molecule has 0 saturated carbocycles. The SMILES string of the molecule is NC(N)=NCCCC(NC(=O)CN1CCC(CCC2CCNCC2)C1=O)C(=O)c1ncco1. The van der Waals surface area contributed by atoms with E-state index in [0.29, 0.717) is 31.8 Å². The van der Waals surface area contributed by atoms with Crippen LogP contribution in [0.1, 0.15) is 55.6 Å². The molecule has 0 aromatic carbocycles. The van der Waals surface area contributed by atoms with Crippen molar-refractivity contribution < 1.29 is 18.8 Å². The molecule has 11 nitrogen and oxygen atoms in total. The maximum absolute atomic E-state index is 12.8. The molecule has 0 spiro atoms. The van der Waals surface area contributed by atoms with Gasteiger partial charge >= 0.3 is 0 Å². The normalized spacial score (nSPS) is 19.9. The van der Waals surface area contributed by atoms with Crippen molar-refractivity contribution >= 4 is 23.6 Å². The van der Waals surface area contributed by atoms with Crippen molar-refractivity contribution in [1.29, 1.82) is 0 Å². The first-order valence-corrected chi connectivity index (χ1v) is 11.7. The number of carbonyl (C=O) groups is 3. The quantitative estimate of drug-likeness (QED) is 0.146. The summed E-state index contributed by atoms with van der Waals surface area (Å²) in [4.78, 5) is 47.6. The van der Waals surface area contributed by atoms with Gasteiger partial charge in [-0.05, 0) is 64.0 Å². The lowest BCUT2D eigenvalue weighted by molar-refractivity contribution is -0.135. The fourth-order valence-electron chi connectivity index (χ4n) is 4.52. The molecular weight excluding hydrogens is 426 g/mol. The first-order valence-electron chi connectivity index (χ1n) is 11.7. The predicted molar refractivity (Wildman–Crippen MR) is 122 cm³/mol. The van der Waals surface area contributed by atoms with Crippen LogP contribution in [0.25, 0.3) is 0 Å². The summed E-state index contributed by atoms with van der Waals surface area (Å²) in [5, 5.41) is 6.10. The van der Waals surface area contributed by atoms with Crippen LogP contribution in [0.5, 0.6) is 0 Å². The number of hydrogen-bond acceptors (Lipinski definition) is 7. The number of oxazole rings is 1. The molecule has 2 fully saturated rings. The van der Waals surface area contributed by atoms with E-state index < -0.39 is 11.8 Å². The minimum absolute atomic E-state index is 0.0167.